The summed E-state index contributed by atoms with van der Waals surface area (Å²) in [5.74, 6) is -1.03. The lowest BCUT2D eigenvalue weighted by Crippen LogP contribution is -2.69. The molecule has 0 spiro atoms. The number of amides is 2. The van der Waals surface area contributed by atoms with Gasteiger partial charge in [0.15, 0.2) is 0 Å². The summed E-state index contributed by atoms with van der Waals surface area (Å²) < 4.78 is 53.8. The highest BCUT2D eigenvalue weighted by molar-refractivity contribution is 9.10. The molecule has 3 aliphatic rings. The van der Waals surface area contributed by atoms with Gasteiger partial charge in [-0.05, 0) is 48.9 Å². The largest absolute Gasteiger partial charge is 0.416 e. The van der Waals surface area contributed by atoms with E-state index in [1.807, 2.05) is 4.90 Å². The Morgan fingerprint density at radius 3 is 2.59 bits per heavy atom. The summed E-state index contributed by atoms with van der Waals surface area (Å²) >= 11 is 3.08. The molecule has 0 saturated carbocycles. The van der Waals surface area contributed by atoms with Gasteiger partial charge in [-0.2, -0.15) is 18.7 Å². The summed E-state index contributed by atoms with van der Waals surface area (Å²) in [6.45, 7) is 4.96. The molecule has 2 amide bonds. The van der Waals surface area contributed by atoms with Crippen molar-refractivity contribution in [2.45, 2.75) is 30.7 Å². The average Bonchev–Trinajstić information content (AvgIpc) is 2.90. The smallest absolute Gasteiger partial charge is 0.341 e. The molecule has 3 fully saturated rings. The third kappa shape index (κ3) is 7.08. The van der Waals surface area contributed by atoms with Gasteiger partial charge in [0, 0.05) is 68.3 Å². The van der Waals surface area contributed by atoms with Gasteiger partial charge >= 0.3 is 6.18 Å². The highest BCUT2D eigenvalue weighted by Crippen LogP contribution is 2.33. The van der Waals surface area contributed by atoms with Gasteiger partial charge in [-0.15, -0.1) is 0 Å². The van der Waals surface area contributed by atoms with Crippen LogP contribution in [0.15, 0.2) is 46.9 Å². The first kappa shape index (κ1) is 29.9. The SMILES string of the molecule is CN(C[C@@H](CCN1CC(N2CCN3C(=O)CON[C@H]3C2)C1)c1ccc(F)cc1)C(=O)c1cc(Br)cc(C(F)(F)F)c1. The van der Waals surface area contributed by atoms with E-state index in [0.29, 0.717) is 25.6 Å². The predicted octanol–water partition coefficient (Wildman–Crippen LogP) is 3.54. The lowest BCUT2D eigenvalue weighted by Gasteiger charge is -2.51. The summed E-state index contributed by atoms with van der Waals surface area (Å²) in [5.41, 5.74) is 2.85. The van der Waals surface area contributed by atoms with Crippen LogP contribution in [0.25, 0.3) is 0 Å². The Hall–Kier alpha value is -2.58. The highest BCUT2D eigenvalue weighted by atomic mass is 79.9. The molecule has 0 aromatic heterocycles. The van der Waals surface area contributed by atoms with Crippen molar-refractivity contribution in [1.29, 1.82) is 0 Å². The van der Waals surface area contributed by atoms with Crippen LogP contribution >= 0.6 is 15.9 Å². The van der Waals surface area contributed by atoms with Gasteiger partial charge in [-0.1, -0.05) is 28.1 Å². The molecule has 0 aliphatic carbocycles. The van der Waals surface area contributed by atoms with E-state index in [1.165, 1.54) is 23.1 Å². The fraction of sp³-hybridized carbons (Fsp3) is 0.500. The van der Waals surface area contributed by atoms with Crippen LogP contribution in [0.1, 0.15) is 33.8 Å². The van der Waals surface area contributed by atoms with Crippen molar-refractivity contribution in [3.63, 3.8) is 0 Å². The molecule has 5 rings (SSSR count). The van der Waals surface area contributed by atoms with Crippen molar-refractivity contribution in [3.05, 3.63) is 69.4 Å². The molecule has 0 radical (unpaired) electrons. The third-order valence-corrected chi connectivity index (χ3v) is 8.51. The van der Waals surface area contributed by atoms with E-state index in [0.717, 1.165) is 43.9 Å². The van der Waals surface area contributed by atoms with Crippen molar-refractivity contribution < 1.29 is 32.0 Å². The Morgan fingerprint density at radius 1 is 1.15 bits per heavy atom. The number of hydroxylamine groups is 1. The van der Waals surface area contributed by atoms with Gasteiger partial charge in [0.2, 0.25) is 0 Å². The van der Waals surface area contributed by atoms with Crippen LogP contribution in [0.3, 0.4) is 0 Å². The minimum absolute atomic E-state index is 0.000359. The highest BCUT2D eigenvalue weighted by Gasteiger charge is 2.40. The van der Waals surface area contributed by atoms with E-state index >= 15 is 0 Å². The Labute approximate surface area is 244 Å². The molecule has 0 unspecified atom stereocenters. The number of hydrogen-bond acceptors (Lipinski definition) is 6. The second kappa shape index (κ2) is 12.3. The first-order chi connectivity index (χ1) is 19.5. The topological polar surface area (TPSA) is 68.4 Å². The van der Waals surface area contributed by atoms with Crippen LogP contribution in [0.4, 0.5) is 17.6 Å². The molecule has 41 heavy (non-hydrogen) atoms. The standard InChI is InChI=1S/C28H32BrF4N5O3/c1-35(27(40)20-10-21(28(31,32)33)12-22(29)11-20)13-19(18-2-4-23(30)5-3-18)6-7-36-14-24(15-36)37-8-9-38-25(16-37)34-41-17-26(38)39/h2-5,10-12,19,24-25,34H,6-9,13-17H2,1H3/t19-,25-/m1/s1. The van der Waals surface area contributed by atoms with Crippen LogP contribution in [0.2, 0.25) is 0 Å². The number of piperazine rings is 1. The third-order valence-electron chi connectivity index (χ3n) is 8.05. The number of alkyl halides is 3. The van der Waals surface area contributed by atoms with E-state index in [1.54, 1.807) is 19.2 Å². The van der Waals surface area contributed by atoms with E-state index in [9.17, 15) is 27.2 Å². The maximum absolute atomic E-state index is 13.6. The van der Waals surface area contributed by atoms with Crippen molar-refractivity contribution in [3.8, 4) is 0 Å². The summed E-state index contributed by atoms with van der Waals surface area (Å²) in [4.78, 5) is 38.3. The molecule has 2 aromatic carbocycles. The molecule has 2 aromatic rings. The number of likely N-dealkylation sites (N-methyl/N-ethyl adjacent to an activating group) is 1. The van der Waals surface area contributed by atoms with Gasteiger partial charge in [0.05, 0.1) is 5.56 Å². The molecular formula is C28H32BrF4N5O3. The van der Waals surface area contributed by atoms with Crippen LogP contribution < -0.4 is 5.48 Å². The van der Waals surface area contributed by atoms with E-state index in [2.05, 4.69) is 31.2 Å². The maximum Gasteiger partial charge on any atom is 0.416 e. The van der Waals surface area contributed by atoms with E-state index < -0.39 is 17.6 Å². The maximum atomic E-state index is 13.6. The number of halogens is 5. The van der Waals surface area contributed by atoms with E-state index in [4.69, 9.17) is 4.84 Å². The molecule has 8 nitrogen and oxygen atoms in total. The number of carbonyl (C=O) groups is 2. The fourth-order valence-electron chi connectivity index (χ4n) is 5.72. The Morgan fingerprint density at radius 2 is 1.88 bits per heavy atom. The van der Waals surface area contributed by atoms with Crippen LogP contribution in [0.5, 0.6) is 0 Å². The Balaban J connectivity index is 1.19. The summed E-state index contributed by atoms with van der Waals surface area (Å²) in [5, 5.41) is 0. The number of rotatable bonds is 8. The molecule has 2 atom stereocenters. The number of carbonyl (C=O) groups excluding carboxylic acids is 2. The van der Waals surface area contributed by atoms with Crippen molar-refractivity contribution >= 4 is 27.7 Å². The molecular weight excluding hydrogens is 610 g/mol. The van der Waals surface area contributed by atoms with Gasteiger partial charge in [-0.3, -0.25) is 19.3 Å². The summed E-state index contributed by atoms with van der Waals surface area (Å²) in [6.07, 6.45) is -4.04. The number of likely N-dealkylation sites (tertiary alicyclic amines) is 1. The average molecular weight is 642 g/mol. The van der Waals surface area contributed by atoms with Crippen LogP contribution in [-0.2, 0) is 15.8 Å². The normalized spacial score (nSPS) is 21.4. The summed E-state index contributed by atoms with van der Waals surface area (Å²) in [7, 11) is 1.57. The lowest BCUT2D eigenvalue weighted by molar-refractivity contribution is -0.171. The van der Waals surface area contributed by atoms with Gasteiger partial charge in [0.1, 0.15) is 18.6 Å². The zero-order valence-electron chi connectivity index (χ0n) is 22.5. The molecule has 222 valence electrons. The quantitative estimate of drug-likeness (QED) is 0.445. The fourth-order valence-corrected chi connectivity index (χ4v) is 6.21. The summed E-state index contributed by atoms with van der Waals surface area (Å²) in [6, 6.07) is 9.69. The van der Waals surface area contributed by atoms with Crippen molar-refractivity contribution in [2.75, 3.05) is 59.5 Å². The molecule has 3 saturated heterocycles. The van der Waals surface area contributed by atoms with Gasteiger partial charge in [0.25, 0.3) is 11.8 Å². The number of fused-ring (bicyclic) bond motifs is 1. The Bertz CT molecular complexity index is 1260. The molecule has 3 aliphatic heterocycles. The first-order valence-electron chi connectivity index (χ1n) is 13.5. The van der Waals surface area contributed by atoms with Crippen LogP contribution in [0, 0.1) is 5.82 Å². The monoisotopic (exact) mass is 641 g/mol. The van der Waals surface area contributed by atoms with Gasteiger partial charge < -0.3 is 14.7 Å². The second-order valence-corrected chi connectivity index (χ2v) is 11.8. The zero-order valence-corrected chi connectivity index (χ0v) is 24.1. The Kier molecular flexibility index (Phi) is 9.00. The predicted molar refractivity (Wildman–Crippen MR) is 146 cm³/mol. The molecule has 3 heterocycles. The zero-order chi connectivity index (χ0) is 29.3. The van der Waals surface area contributed by atoms with Gasteiger partial charge in [-0.25, -0.2) is 4.39 Å². The molecule has 1 N–H and O–H groups in total. The molecule has 0 bridgehead atoms. The van der Waals surface area contributed by atoms with Crippen molar-refractivity contribution in [1.82, 2.24) is 25.1 Å². The number of hydrogen-bond donors (Lipinski definition) is 1. The van der Waals surface area contributed by atoms with Crippen LogP contribution in [-0.4, -0.2) is 103 Å². The van der Waals surface area contributed by atoms with E-state index in [-0.39, 0.29) is 47.0 Å². The lowest BCUT2D eigenvalue weighted by atomic mass is 9.93. The minimum atomic E-state index is -4.57. The first-order valence-corrected chi connectivity index (χ1v) is 14.3. The van der Waals surface area contributed by atoms with Crippen molar-refractivity contribution in [2.24, 2.45) is 0 Å². The molecule has 13 heteroatoms. The number of benzene rings is 2. The second-order valence-electron chi connectivity index (χ2n) is 10.9. The number of nitrogens with zero attached hydrogens (tertiary/aromatic N) is 4. The minimum Gasteiger partial charge on any atom is -0.341 e. The number of nitrogens with one attached hydrogen (secondary N) is 1.